The van der Waals surface area contributed by atoms with Crippen LogP contribution >= 0.6 is 0 Å². The average Bonchev–Trinajstić information content (AvgIpc) is 2.54. The van der Waals surface area contributed by atoms with Gasteiger partial charge >= 0.3 is 5.97 Å². The molecule has 2 aliphatic carbocycles. The Morgan fingerprint density at radius 3 is 2.54 bits per heavy atom. The van der Waals surface area contributed by atoms with Crippen LogP contribution in [0.25, 0.3) is 0 Å². The molecule has 0 heterocycles. The number of carboxylic acid groups (broad SMARTS) is 1. The van der Waals surface area contributed by atoms with Crippen molar-refractivity contribution in [1.29, 1.82) is 0 Å². The van der Waals surface area contributed by atoms with Crippen LogP contribution in [-0.4, -0.2) is 11.1 Å². The van der Waals surface area contributed by atoms with Gasteiger partial charge in [0.15, 0.2) is 0 Å². The Labute approximate surface area is 143 Å². The summed E-state index contributed by atoms with van der Waals surface area (Å²) in [7, 11) is 0. The average molecular weight is 320 g/mol. The summed E-state index contributed by atoms with van der Waals surface area (Å²) in [5.41, 5.74) is 8.38. The van der Waals surface area contributed by atoms with Gasteiger partial charge in [-0.25, -0.2) is 0 Å². The summed E-state index contributed by atoms with van der Waals surface area (Å²) in [6.07, 6.45) is 3.55. The first-order valence-corrected chi connectivity index (χ1v) is 8.96. The number of fused-ring (bicyclic) bond motifs is 5. The predicted octanol–water partition coefficient (Wildman–Crippen LogP) is 4.96. The molecule has 0 spiro atoms. The first kappa shape index (κ1) is 15.4. The number of hydrogen-bond acceptors (Lipinski definition) is 1. The number of hydrogen-bond donors (Lipinski definition) is 1. The fourth-order valence-corrected chi connectivity index (χ4v) is 5.16. The van der Waals surface area contributed by atoms with Gasteiger partial charge in [0.1, 0.15) is 0 Å². The number of aliphatic carboxylic acids is 1. The topological polar surface area (TPSA) is 37.3 Å². The molecular formula is C22H24O2. The maximum atomic E-state index is 11.4. The summed E-state index contributed by atoms with van der Waals surface area (Å²) in [4.78, 5) is 11.4. The standard InChI is InChI=1S/C22H24O2/c1-13-5-3-7-15-9-10-16-11-17(12-19(23)24)18-8-4-6-14(2)21(18)22(16)20(13)15/h3-8,16-17,22H,9-12H2,1-2H3,(H,23,24)/t16-,17-,22-/m0/s1. The van der Waals surface area contributed by atoms with Gasteiger partial charge in [-0.15, -0.1) is 0 Å². The Hall–Kier alpha value is -2.09. The highest BCUT2D eigenvalue weighted by Crippen LogP contribution is 2.53. The summed E-state index contributed by atoms with van der Waals surface area (Å²) in [5, 5.41) is 9.36. The van der Waals surface area contributed by atoms with Gasteiger partial charge in [0.05, 0.1) is 6.42 Å². The number of rotatable bonds is 2. The molecule has 2 nitrogen and oxygen atoms in total. The molecular weight excluding hydrogens is 296 g/mol. The van der Waals surface area contributed by atoms with E-state index in [-0.39, 0.29) is 12.3 Å². The van der Waals surface area contributed by atoms with Gasteiger partial charge in [0, 0.05) is 5.92 Å². The van der Waals surface area contributed by atoms with Gasteiger partial charge in [-0.05, 0) is 78.3 Å². The molecule has 1 N–H and O–H groups in total. The number of benzene rings is 2. The van der Waals surface area contributed by atoms with Crippen LogP contribution < -0.4 is 0 Å². The van der Waals surface area contributed by atoms with E-state index in [9.17, 15) is 9.90 Å². The van der Waals surface area contributed by atoms with Crippen molar-refractivity contribution < 1.29 is 9.90 Å². The second kappa shape index (κ2) is 5.77. The van der Waals surface area contributed by atoms with Crippen molar-refractivity contribution in [2.24, 2.45) is 5.92 Å². The van der Waals surface area contributed by atoms with E-state index in [1.807, 2.05) is 0 Å². The van der Waals surface area contributed by atoms with Crippen molar-refractivity contribution in [2.45, 2.75) is 51.4 Å². The molecule has 0 aliphatic heterocycles. The number of carbonyl (C=O) groups is 1. The van der Waals surface area contributed by atoms with Crippen molar-refractivity contribution in [1.82, 2.24) is 0 Å². The monoisotopic (exact) mass is 320 g/mol. The summed E-state index contributed by atoms with van der Waals surface area (Å²) < 4.78 is 0. The lowest BCUT2D eigenvalue weighted by atomic mass is 9.61. The second-order valence-electron chi connectivity index (χ2n) is 7.53. The van der Waals surface area contributed by atoms with Gasteiger partial charge in [-0.1, -0.05) is 36.4 Å². The van der Waals surface area contributed by atoms with E-state index in [4.69, 9.17) is 0 Å². The van der Waals surface area contributed by atoms with Crippen LogP contribution in [0.15, 0.2) is 36.4 Å². The van der Waals surface area contributed by atoms with Crippen LogP contribution in [0.4, 0.5) is 0 Å². The lowest BCUT2D eigenvalue weighted by Crippen LogP contribution is -2.31. The molecule has 24 heavy (non-hydrogen) atoms. The van der Waals surface area contributed by atoms with Gasteiger partial charge in [0.25, 0.3) is 0 Å². The maximum absolute atomic E-state index is 11.4. The van der Waals surface area contributed by atoms with E-state index in [2.05, 4.69) is 50.2 Å². The van der Waals surface area contributed by atoms with Crippen molar-refractivity contribution in [3.8, 4) is 0 Å². The van der Waals surface area contributed by atoms with Crippen molar-refractivity contribution >= 4 is 5.97 Å². The van der Waals surface area contributed by atoms with Crippen LogP contribution in [0.3, 0.4) is 0 Å². The highest BCUT2D eigenvalue weighted by molar-refractivity contribution is 5.68. The van der Waals surface area contributed by atoms with E-state index < -0.39 is 5.97 Å². The molecule has 0 bridgehead atoms. The minimum atomic E-state index is -0.682. The lowest BCUT2D eigenvalue weighted by Gasteiger charge is -2.43. The van der Waals surface area contributed by atoms with E-state index in [1.165, 1.54) is 39.8 Å². The summed E-state index contributed by atoms with van der Waals surface area (Å²) in [5.74, 6) is 0.482. The summed E-state index contributed by atoms with van der Waals surface area (Å²) in [6.45, 7) is 4.41. The molecule has 0 unspecified atom stereocenters. The fraction of sp³-hybridized carbons (Fsp3) is 0.409. The van der Waals surface area contributed by atoms with Crippen LogP contribution in [0.1, 0.15) is 64.5 Å². The number of carboxylic acids is 1. The van der Waals surface area contributed by atoms with Crippen LogP contribution in [0.2, 0.25) is 0 Å². The molecule has 0 saturated heterocycles. The van der Waals surface area contributed by atoms with Crippen LogP contribution in [-0.2, 0) is 11.2 Å². The SMILES string of the molecule is Cc1cccc2c1[C@H]1c3c(C)cccc3[C@H](CC(=O)O)C[C@@H]1CC2. The Kier molecular flexibility index (Phi) is 3.71. The molecule has 3 atom stereocenters. The molecule has 2 aromatic carbocycles. The Balaban J connectivity index is 1.92. The maximum Gasteiger partial charge on any atom is 0.303 e. The van der Waals surface area contributed by atoms with Gasteiger partial charge in [0.2, 0.25) is 0 Å². The third-order valence-electron chi connectivity index (χ3n) is 6.10. The second-order valence-corrected chi connectivity index (χ2v) is 7.53. The molecule has 0 amide bonds. The lowest BCUT2D eigenvalue weighted by molar-refractivity contribution is -0.137. The van der Waals surface area contributed by atoms with Crippen LogP contribution in [0, 0.1) is 19.8 Å². The number of aryl methyl sites for hydroxylation is 3. The molecule has 0 radical (unpaired) electrons. The normalized spacial score (nSPS) is 24.7. The van der Waals surface area contributed by atoms with Crippen LogP contribution in [0.5, 0.6) is 0 Å². The molecule has 2 aliphatic rings. The van der Waals surface area contributed by atoms with Crippen molar-refractivity contribution in [2.75, 3.05) is 0 Å². The van der Waals surface area contributed by atoms with E-state index in [1.54, 1.807) is 0 Å². The predicted molar refractivity (Wildman–Crippen MR) is 95.6 cm³/mol. The minimum absolute atomic E-state index is 0.157. The molecule has 124 valence electrons. The first-order chi connectivity index (χ1) is 11.6. The third kappa shape index (κ3) is 2.36. The molecule has 0 fully saturated rings. The first-order valence-electron chi connectivity index (χ1n) is 8.96. The molecule has 2 heteroatoms. The summed E-state index contributed by atoms with van der Waals surface area (Å²) in [6, 6.07) is 13.1. The molecule has 4 rings (SSSR count). The quantitative estimate of drug-likeness (QED) is 0.849. The zero-order valence-electron chi connectivity index (χ0n) is 14.4. The smallest absolute Gasteiger partial charge is 0.303 e. The van der Waals surface area contributed by atoms with Crippen molar-refractivity contribution in [3.63, 3.8) is 0 Å². The third-order valence-corrected chi connectivity index (χ3v) is 6.10. The summed E-state index contributed by atoms with van der Waals surface area (Å²) >= 11 is 0. The zero-order valence-corrected chi connectivity index (χ0v) is 14.4. The molecule has 0 aromatic heterocycles. The molecule has 0 saturated carbocycles. The Bertz CT molecular complexity index is 806. The van der Waals surface area contributed by atoms with Gasteiger partial charge in [-0.2, -0.15) is 0 Å². The van der Waals surface area contributed by atoms with E-state index >= 15 is 0 Å². The Morgan fingerprint density at radius 2 is 1.79 bits per heavy atom. The van der Waals surface area contributed by atoms with Crippen molar-refractivity contribution in [3.05, 3.63) is 69.8 Å². The zero-order chi connectivity index (χ0) is 16.8. The minimum Gasteiger partial charge on any atom is -0.481 e. The van der Waals surface area contributed by atoms with E-state index in [0.29, 0.717) is 11.8 Å². The van der Waals surface area contributed by atoms with Gasteiger partial charge < -0.3 is 5.11 Å². The fourth-order valence-electron chi connectivity index (χ4n) is 5.16. The van der Waals surface area contributed by atoms with E-state index in [0.717, 1.165) is 12.8 Å². The Morgan fingerprint density at radius 1 is 1.08 bits per heavy atom. The highest BCUT2D eigenvalue weighted by Gasteiger charge is 2.40. The largest absolute Gasteiger partial charge is 0.481 e. The highest BCUT2D eigenvalue weighted by atomic mass is 16.4. The van der Waals surface area contributed by atoms with Gasteiger partial charge in [-0.3, -0.25) is 4.79 Å². The molecule has 2 aromatic rings.